The fourth-order valence-corrected chi connectivity index (χ4v) is 7.04. The van der Waals surface area contributed by atoms with E-state index in [1.807, 2.05) is 12.2 Å². The van der Waals surface area contributed by atoms with Crippen LogP contribution in [0.2, 0.25) is 0 Å². The molecule has 60 heavy (non-hydrogen) atoms. The van der Waals surface area contributed by atoms with Crippen LogP contribution in [0.3, 0.4) is 0 Å². The third-order valence-corrected chi connectivity index (χ3v) is 10.8. The van der Waals surface area contributed by atoms with Crippen LogP contribution in [-0.2, 0) is 32.7 Å². The van der Waals surface area contributed by atoms with Gasteiger partial charge in [0.2, 0.25) is 0 Å². The molecule has 346 valence electrons. The fourth-order valence-electron chi connectivity index (χ4n) is 6.29. The Balaban J connectivity index is 4.27. The number of nitrogens with one attached hydrogen (secondary N) is 1. The number of carbonyl (C=O) groups excluding carboxylic acids is 2. The Bertz CT molecular complexity index is 1210. The van der Waals surface area contributed by atoms with Crippen LogP contribution < -0.4 is 5.32 Å². The van der Waals surface area contributed by atoms with Gasteiger partial charge < -0.3 is 19.7 Å². The molecule has 0 aliphatic rings. The molecule has 0 rings (SSSR count). The first-order valence-corrected chi connectivity index (χ1v) is 25.4. The number of allylic oxidation sites excluding steroid dienone is 12. The van der Waals surface area contributed by atoms with Crippen molar-refractivity contribution < 1.29 is 37.6 Å². The molecule has 0 aromatic carbocycles. The molecule has 0 saturated heterocycles. The largest absolute Gasteiger partial charge is 0.472 e. The third-order valence-electron chi connectivity index (χ3n) is 9.85. The molecular formula is C50H88NO8P. The van der Waals surface area contributed by atoms with Crippen LogP contribution in [0.25, 0.3) is 0 Å². The van der Waals surface area contributed by atoms with Gasteiger partial charge in [-0.15, -0.1) is 0 Å². The smallest absolute Gasteiger partial charge is 0.462 e. The highest BCUT2D eigenvalue weighted by Crippen LogP contribution is 2.43. The Morgan fingerprint density at radius 3 is 1.38 bits per heavy atom. The number of phosphoric acid groups is 1. The molecule has 0 radical (unpaired) electrons. The molecule has 0 fully saturated rings. The van der Waals surface area contributed by atoms with Gasteiger partial charge in [-0.3, -0.25) is 18.6 Å². The monoisotopic (exact) mass is 862 g/mol. The van der Waals surface area contributed by atoms with Gasteiger partial charge in [0.15, 0.2) is 6.10 Å². The highest BCUT2D eigenvalue weighted by molar-refractivity contribution is 7.47. The maximum atomic E-state index is 12.6. The van der Waals surface area contributed by atoms with Crippen LogP contribution in [0.1, 0.15) is 194 Å². The van der Waals surface area contributed by atoms with Gasteiger partial charge in [0.25, 0.3) is 0 Å². The van der Waals surface area contributed by atoms with Gasteiger partial charge in [0.05, 0.1) is 13.2 Å². The zero-order valence-electron chi connectivity index (χ0n) is 38.4. The van der Waals surface area contributed by atoms with Gasteiger partial charge in [-0.2, -0.15) is 0 Å². The number of hydrogen-bond acceptors (Lipinski definition) is 8. The number of esters is 2. The lowest BCUT2D eigenvalue weighted by molar-refractivity contribution is -0.161. The van der Waals surface area contributed by atoms with Crippen LogP contribution in [0.15, 0.2) is 72.9 Å². The first kappa shape index (κ1) is 57.4. The van der Waals surface area contributed by atoms with E-state index < -0.39 is 32.5 Å². The van der Waals surface area contributed by atoms with Crippen molar-refractivity contribution in [3.63, 3.8) is 0 Å². The molecule has 2 unspecified atom stereocenters. The van der Waals surface area contributed by atoms with Crippen molar-refractivity contribution in [1.82, 2.24) is 5.32 Å². The van der Waals surface area contributed by atoms with Crippen molar-refractivity contribution in [2.75, 3.05) is 33.4 Å². The summed E-state index contributed by atoms with van der Waals surface area (Å²) in [5.74, 6) is -0.902. The van der Waals surface area contributed by atoms with E-state index in [9.17, 15) is 19.0 Å². The minimum absolute atomic E-state index is 0.0326. The lowest BCUT2D eigenvalue weighted by atomic mass is 10.0. The zero-order valence-corrected chi connectivity index (χ0v) is 39.3. The van der Waals surface area contributed by atoms with Crippen LogP contribution in [0.4, 0.5) is 0 Å². The van der Waals surface area contributed by atoms with E-state index >= 15 is 0 Å². The van der Waals surface area contributed by atoms with Gasteiger partial charge >= 0.3 is 19.8 Å². The van der Waals surface area contributed by atoms with E-state index in [4.69, 9.17) is 18.5 Å². The Morgan fingerprint density at radius 1 is 0.533 bits per heavy atom. The molecule has 0 heterocycles. The molecular weight excluding hydrogens is 774 g/mol. The highest BCUT2D eigenvalue weighted by atomic mass is 31.2. The summed E-state index contributed by atoms with van der Waals surface area (Å²) in [4.78, 5) is 35.1. The van der Waals surface area contributed by atoms with Gasteiger partial charge in [-0.05, 0) is 58.4 Å². The average molecular weight is 862 g/mol. The van der Waals surface area contributed by atoms with Crippen molar-refractivity contribution in [1.29, 1.82) is 0 Å². The van der Waals surface area contributed by atoms with E-state index in [1.165, 1.54) is 103 Å². The molecule has 0 aromatic rings. The lowest BCUT2D eigenvalue weighted by Crippen LogP contribution is -2.29. The molecule has 0 aliphatic carbocycles. The summed E-state index contributed by atoms with van der Waals surface area (Å²) in [6.07, 6.45) is 55.4. The molecule has 2 N–H and O–H groups in total. The van der Waals surface area contributed by atoms with E-state index in [-0.39, 0.29) is 26.1 Å². The van der Waals surface area contributed by atoms with Gasteiger partial charge in [0, 0.05) is 19.4 Å². The van der Waals surface area contributed by atoms with E-state index in [0.717, 1.165) is 57.8 Å². The summed E-state index contributed by atoms with van der Waals surface area (Å²) < 4.78 is 33.2. The first-order valence-electron chi connectivity index (χ1n) is 23.9. The average Bonchev–Trinajstić information content (AvgIpc) is 3.23. The lowest BCUT2D eigenvalue weighted by Gasteiger charge is -2.19. The number of ether oxygens (including phenoxy) is 2. The molecule has 0 spiro atoms. The predicted octanol–water partition coefficient (Wildman–Crippen LogP) is 14.1. The van der Waals surface area contributed by atoms with Crippen molar-refractivity contribution in [3.05, 3.63) is 72.9 Å². The normalized spacial score (nSPS) is 13.9. The van der Waals surface area contributed by atoms with E-state index in [2.05, 4.69) is 79.9 Å². The third kappa shape index (κ3) is 45.0. The first-order chi connectivity index (χ1) is 29.3. The molecule has 9 nitrogen and oxygen atoms in total. The van der Waals surface area contributed by atoms with E-state index in [0.29, 0.717) is 13.0 Å². The number of phosphoric ester groups is 1. The highest BCUT2D eigenvalue weighted by Gasteiger charge is 2.26. The standard InChI is InChI=1S/C50H88NO8P/c1-4-6-8-10-12-14-16-18-20-22-24-26-28-30-32-34-36-38-40-42-49(52)56-46-48(47-58-60(54,55)57-45-44-51-3)59-50(53)43-41-39-37-35-33-31-29-27-25-23-21-19-17-15-13-11-9-7-5-2/h7,9,13,15,19,21,25,27,31,33,37,39,48,51H,4-6,8,10-12,14,16-18,20,22-24,26,28-30,32,34-36,38,40-47H2,1-3H3,(H,54,55)/b9-7-,15-13-,21-19-,27-25-,33-31-,39-37-. The van der Waals surface area contributed by atoms with Crippen LogP contribution in [-0.4, -0.2) is 56.3 Å². The number of rotatable bonds is 44. The zero-order chi connectivity index (χ0) is 43.9. The van der Waals surface area contributed by atoms with E-state index in [1.54, 1.807) is 7.05 Å². The second-order valence-electron chi connectivity index (χ2n) is 15.6. The number of hydrogen-bond donors (Lipinski definition) is 2. The SMILES string of the molecule is CC/C=C\C/C=C\C/C=C\C/C=C\C/C=C\C/C=C\CCC(=O)OC(COC(=O)CCCCCCCCCCCCCCCCCCCCC)COP(=O)(O)OCCNC. The number of carbonyl (C=O) groups is 2. The van der Waals surface area contributed by atoms with Gasteiger partial charge in [-0.25, -0.2) is 4.57 Å². The van der Waals surface area contributed by atoms with Gasteiger partial charge in [-0.1, -0.05) is 202 Å². The number of likely N-dealkylation sites (N-methyl/N-ethyl adjacent to an activating group) is 1. The molecule has 2 atom stereocenters. The van der Waals surface area contributed by atoms with Crippen molar-refractivity contribution in [2.24, 2.45) is 0 Å². The molecule has 0 aliphatic heterocycles. The second kappa shape index (κ2) is 46.0. The van der Waals surface area contributed by atoms with Crippen molar-refractivity contribution in [2.45, 2.75) is 200 Å². The molecule has 0 saturated carbocycles. The summed E-state index contributed by atoms with van der Waals surface area (Å²) in [5.41, 5.74) is 0. The van der Waals surface area contributed by atoms with Crippen molar-refractivity contribution >= 4 is 19.8 Å². The topological polar surface area (TPSA) is 120 Å². The molecule has 10 heteroatoms. The molecule has 0 aromatic heterocycles. The maximum absolute atomic E-state index is 12.6. The maximum Gasteiger partial charge on any atom is 0.472 e. The molecule has 0 amide bonds. The Morgan fingerprint density at radius 2 is 0.950 bits per heavy atom. The number of unbranched alkanes of at least 4 members (excludes halogenated alkanes) is 18. The minimum Gasteiger partial charge on any atom is -0.462 e. The second-order valence-corrected chi connectivity index (χ2v) is 17.0. The Hall–Kier alpha value is -2.55. The van der Waals surface area contributed by atoms with Crippen LogP contribution >= 0.6 is 7.82 Å². The van der Waals surface area contributed by atoms with Crippen LogP contribution in [0.5, 0.6) is 0 Å². The molecule has 0 bridgehead atoms. The Kier molecular flexibility index (Phi) is 44.0. The summed E-state index contributed by atoms with van der Waals surface area (Å²) >= 11 is 0. The minimum atomic E-state index is -4.37. The quantitative estimate of drug-likeness (QED) is 0.0267. The summed E-state index contributed by atoms with van der Waals surface area (Å²) in [6.45, 7) is 4.04. The predicted molar refractivity (Wildman–Crippen MR) is 252 cm³/mol. The van der Waals surface area contributed by atoms with Crippen LogP contribution in [0, 0.1) is 0 Å². The summed E-state index contributed by atoms with van der Waals surface area (Å²) in [5, 5.41) is 2.82. The summed E-state index contributed by atoms with van der Waals surface area (Å²) in [6, 6.07) is 0. The van der Waals surface area contributed by atoms with Crippen molar-refractivity contribution in [3.8, 4) is 0 Å². The van der Waals surface area contributed by atoms with Gasteiger partial charge in [0.1, 0.15) is 6.61 Å². The Labute approximate surface area is 367 Å². The summed E-state index contributed by atoms with van der Waals surface area (Å²) in [7, 11) is -2.68. The fraction of sp³-hybridized carbons (Fsp3) is 0.720.